The van der Waals surface area contributed by atoms with E-state index in [1.165, 1.54) is 32.8 Å². The lowest BCUT2D eigenvalue weighted by Crippen LogP contribution is -2.34. The number of methoxy groups -OCH3 is 1. The second kappa shape index (κ2) is 6.89. The molecule has 3 heteroatoms. The molecule has 0 saturated heterocycles. The summed E-state index contributed by atoms with van der Waals surface area (Å²) in [4.78, 5) is 11.5. The van der Waals surface area contributed by atoms with E-state index in [4.69, 9.17) is 4.74 Å². The SMILES string of the molecule is COC(=O)C(CNCC1CCCC1)C(C)C. The number of hydrogen-bond acceptors (Lipinski definition) is 3. The van der Waals surface area contributed by atoms with Gasteiger partial charge in [-0.15, -0.1) is 0 Å². The van der Waals surface area contributed by atoms with E-state index < -0.39 is 0 Å². The van der Waals surface area contributed by atoms with E-state index in [9.17, 15) is 4.79 Å². The van der Waals surface area contributed by atoms with E-state index in [1.54, 1.807) is 0 Å². The molecule has 0 aromatic carbocycles. The second-order valence-corrected chi connectivity index (χ2v) is 5.18. The Bertz CT molecular complexity index is 210. The van der Waals surface area contributed by atoms with Crippen LogP contribution in [0.3, 0.4) is 0 Å². The maximum Gasteiger partial charge on any atom is 0.310 e. The molecule has 0 heterocycles. The highest BCUT2D eigenvalue weighted by Gasteiger charge is 2.23. The summed E-state index contributed by atoms with van der Waals surface area (Å²) in [6.07, 6.45) is 5.43. The number of rotatable bonds is 6. The van der Waals surface area contributed by atoms with Crippen LogP contribution < -0.4 is 5.32 Å². The number of nitrogens with one attached hydrogen (secondary N) is 1. The fraction of sp³-hybridized carbons (Fsp3) is 0.923. The molecule has 1 saturated carbocycles. The van der Waals surface area contributed by atoms with Gasteiger partial charge in [-0.25, -0.2) is 0 Å². The third-order valence-electron chi connectivity index (χ3n) is 3.58. The van der Waals surface area contributed by atoms with Crippen LogP contribution in [-0.2, 0) is 9.53 Å². The molecular formula is C13H25NO2. The van der Waals surface area contributed by atoms with Gasteiger partial charge >= 0.3 is 5.97 Å². The van der Waals surface area contributed by atoms with E-state index in [2.05, 4.69) is 19.2 Å². The fourth-order valence-electron chi connectivity index (χ4n) is 2.40. The second-order valence-electron chi connectivity index (χ2n) is 5.18. The van der Waals surface area contributed by atoms with Crippen molar-refractivity contribution in [2.24, 2.45) is 17.8 Å². The lowest BCUT2D eigenvalue weighted by molar-refractivity contribution is -0.146. The maximum absolute atomic E-state index is 11.5. The molecule has 0 amide bonds. The molecule has 1 fully saturated rings. The van der Waals surface area contributed by atoms with Crippen LogP contribution in [0.4, 0.5) is 0 Å². The Balaban J connectivity index is 2.23. The predicted molar refractivity (Wildman–Crippen MR) is 65.2 cm³/mol. The van der Waals surface area contributed by atoms with Gasteiger partial charge in [0, 0.05) is 6.54 Å². The molecule has 1 unspecified atom stereocenters. The summed E-state index contributed by atoms with van der Waals surface area (Å²) in [6, 6.07) is 0. The average molecular weight is 227 g/mol. The molecular weight excluding hydrogens is 202 g/mol. The van der Waals surface area contributed by atoms with Crippen molar-refractivity contribution >= 4 is 5.97 Å². The molecule has 1 rings (SSSR count). The fourth-order valence-corrected chi connectivity index (χ4v) is 2.40. The van der Waals surface area contributed by atoms with Crippen LogP contribution in [0.1, 0.15) is 39.5 Å². The molecule has 0 aromatic heterocycles. The first-order valence-corrected chi connectivity index (χ1v) is 6.43. The van der Waals surface area contributed by atoms with Crippen molar-refractivity contribution in [1.82, 2.24) is 5.32 Å². The quantitative estimate of drug-likeness (QED) is 0.707. The van der Waals surface area contributed by atoms with E-state index in [0.717, 1.165) is 19.0 Å². The Labute approximate surface area is 98.9 Å². The lowest BCUT2D eigenvalue weighted by Gasteiger charge is -2.20. The number of carbonyl (C=O) groups is 1. The molecule has 0 aromatic rings. The first-order valence-electron chi connectivity index (χ1n) is 6.43. The van der Waals surface area contributed by atoms with Crippen molar-refractivity contribution in [3.05, 3.63) is 0 Å². The van der Waals surface area contributed by atoms with Crippen molar-refractivity contribution in [1.29, 1.82) is 0 Å². The Morgan fingerprint density at radius 1 is 1.38 bits per heavy atom. The van der Waals surface area contributed by atoms with Gasteiger partial charge in [0.2, 0.25) is 0 Å². The minimum Gasteiger partial charge on any atom is -0.469 e. The number of ether oxygens (including phenoxy) is 1. The molecule has 0 bridgehead atoms. The molecule has 16 heavy (non-hydrogen) atoms. The number of esters is 1. The summed E-state index contributed by atoms with van der Waals surface area (Å²) >= 11 is 0. The third kappa shape index (κ3) is 4.12. The van der Waals surface area contributed by atoms with Crippen LogP contribution in [0.5, 0.6) is 0 Å². The van der Waals surface area contributed by atoms with Crippen molar-refractivity contribution < 1.29 is 9.53 Å². The highest BCUT2D eigenvalue weighted by molar-refractivity contribution is 5.72. The topological polar surface area (TPSA) is 38.3 Å². The summed E-state index contributed by atoms with van der Waals surface area (Å²) in [6.45, 7) is 5.94. The summed E-state index contributed by atoms with van der Waals surface area (Å²) in [5, 5.41) is 3.42. The lowest BCUT2D eigenvalue weighted by atomic mass is 9.95. The normalized spacial score (nSPS) is 19.0. The van der Waals surface area contributed by atoms with E-state index >= 15 is 0 Å². The standard InChI is InChI=1S/C13H25NO2/c1-10(2)12(13(15)16-3)9-14-8-11-6-4-5-7-11/h10-12,14H,4-9H2,1-3H3. The van der Waals surface area contributed by atoms with E-state index in [1.807, 2.05) is 0 Å². The first-order chi connectivity index (χ1) is 7.65. The van der Waals surface area contributed by atoms with Crippen LogP contribution in [-0.4, -0.2) is 26.2 Å². The van der Waals surface area contributed by atoms with Crippen molar-refractivity contribution in [3.63, 3.8) is 0 Å². The monoisotopic (exact) mass is 227 g/mol. The molecule has 0 spiro atoms. The zero-order valence-corrected chi connectivity index (χ0v) is 10.8. The van der Waals surface area contributed by atoms with Crippen LogP contribution in [0.25, 0.3) is 0 Å². The molecule has 0 radical (unpaired) electrons. The highest BCUT2D eigenvalue weighted by Crippen LogP contribution is 2.23. The number of hydrogen-bond donors (Lipinski definition) is 1. The van der Waals surface area contributed by atoms with Crippen molar-refractivity contribution in [2.75, 3.05) is 20.2 Å². The van der Waals surface area contributed by atoms with Gasteiger partial charge in [0.05, 0.1) is 13.0 Å². The summed E-state index contributed by atoms with van der Waals surface area (Å²) in [5.74, 6) is 1.06. The molecule has 1 aliphatic rings. The highest BCUT2D eigenvalue weighted by atomic mass is 16.5. The van der Waals surface area contributed by atoms with Gasteiger partial charge < -0.3 is 10.1 Å². The zero-order valence-electron chi connectivity index (χ0n) is 10.8. The zero-order chi connectivity index (χ0) is 12.0. The van der Waals surface area contributed by atoms with Crippen molar-refractivity contribution in [3.8, 4) is 0 Å². The van der Waals surface area contributed by atoms with Gasteiger partial charge in [-0.3, -0.25) is 4.79 Å². The molecule has 1 N–H and O–H groups in total. The Hall–Kier alpha value is -0.570. The Morgan fingerprint density at radius 3 is 2.50 bits per heavy atom. The summed E-state index contributed by atoms with van der Waals surface area (Å²) in [5.41, 5.74) is 0. The van der Waals surface area contributed by atoms with Gasteiger partial charge in [0.15, 0.2) is 0 Å². The minimum atomic E-state index is -0.0890. The van der Waals surface area contributed by atoms with Crippen LogP contribution in [0.2, 0.25) is 0 Å². The first kappa shape index (κ1) is 13.5. The van der Waals surface area contributed by atoms with Gasteiger partial charge in [-0.05, 0) is 31.2 Å². The largest absolute Gasteiger partial charge is 0.469 e. The molecule has 94 valence electrons. The summed E-state index contributed by atoms with van der Waals surface area (Å²) in [7, 11) is 1.47. The molecule has 3 nitrogen and oxygen atoms in total. The van der Waals surface area contributed by atoms with Gasteiger partial charge in [-0.2, -0.15) is 0 Å². The Morgan fingerprint density at radius 2 is 2.00 bits per heavy atom. The van der Waals surface area contributed by atoms with Crippen molar-refractivity contribution in [2.45, 2.75) is 39.5 Å². The van der Waals surface area contributed by atoms with Crippen LogP contribution in [0.15, 0.2) is 0 Å². The van der Waals surface area contributed by atoms with Gasteiger partial charge in [-0.1, -0.05) is 26.7 Å². The van der Waals surface area contributed by atoms with Gasteiger partial charge in [0.25, 0.3) is 0 Å². The Kier molecular flexibility index (Phi) is 5.81. The maximum atomic E-state index is 11.5. The minimum absolute atomic E-state index is 0.00796. The molecule has 0 aliphatic heterocycles. The number of carbonyl (C=O) groups excluding carboxylic acids is 1. The van der Waals surface area contributed by atoms with Gasteiger partial charge in [0.1, 0.15) is 0 Å². The molecule has 1 atom stereocenters. The van der Waals surface area contributed by atoms with E-state index in [0.29, 0.717) is 5.92 Å². The molecule has 1 aliphatic carbocycles. The summed E-state index contributed by atoms with van der Waals surface area (Å²) < 4.78 is 4.82. The van der Waals surface area contributed by atoms with Crippen LogP contribution in [0, 0.1) is 17.8 Å². The predicted octanol–water partition coefficient (Wildman–Crippen LogP) is 2.21. The average Bonchev–Trinajstić information content (AvgIpc) is 2.75. The third-order valence-corrected chi connectivity index (χ3v) is 3.58. The van der Waals surface area contributed by atoms with Crippen LogP contribution >= 0.6 is 0 Å². The smallest absolute Gasteiger partial charge is 0.310 e. The van der Waals surface area contributed by atoms with E-state index in [-0.39, 0.29) is 11.9 Å².